The van der Waals surface area contributed by atoms with Gasteiger partial charge in [0.05, 0.1) is 20.3 Å². The second kappa shape index (κ2) is 4.54. The van der Waals surface area contributed by atoms with E-state index in [0.29, 0.717) is 19.8 Å². The van der Waals surface area contributed by atoms with Crippen molar-refractivity contribution in [2.75, 3.05) is 31.8 Å². The van der Waals surface area contributed by atoms with Crippen molar-refractivity contribution < 1.29 is 14.3 Å². The second-order valence-electron chi connectivity index (χ2n) is 3.03. The zero-order valence-corrected chi connectivity index (χ0v) is 9.07. The van der Waals surface area contributed by atoms with Gasteiger partial charge in [0.15, 0.2) is 6.04 Å². The van der Waals surface area contributed by atoms with Crippen LogP contribution in [0.2, 0.25) is 0 Å². The van der Waals surface area contributed by atoms with Gasteiger partial charge in [-0.2, -0.15) is 4.37 Å². The van der Waals surface area contributed by atoms with Crippen LogP contribution in [0.25, 0.3) is 0 Å². The molecule has 0 radical (unpaired) electrons. The van der Waals surface area contributed by atoms with Crippen molar-refractivity contribution in [3.8, 4) is 0 Å². The highest BCUT2D eigenvalue weighted by molar-refractivity contribution is 7.09. The Morgan fingerprint density at radius 3 is 3.33 bits per heavy atom. The van der Waals surface area contributed by atoms with E-state index in [1.165, 1.54) is 25.0 Å². The van der Waals surface area contributed by atoms with Crippen molar-refractivity contribution in [1.82, 2.24) is 9.36 Å². The van der Waals surface area contributed by atoms with Crippen LogP contribution in [-0.4, -0.2) is 48.2 Å². The fourth-order valence-electron chi connectivity index (χ4n) is 1.46. The number of hydrogen-bond acceptors (Lipinski definition) is 7. The molecule has 1 unspecified atom stereocenters. The monoisotopic (exact) mass is 229 g/mol. The third-order valence-electron chi connectivity index (χ3n) is 2.20. The Morgan fingerprint density at radius 2 is 2.67 bits per heavy atom. The van der Waals surface area contributed by atoms with Crippen molar-refractivity contribution >= 4 is 22.6 Å². The molecule has 15 heavy (non-hydrogen) atoms. The predicted octanol–water partition coefficient (Wildman–Crippen LogP) is -0.0837. The van der Waals surface area contributed by atoms with Gasteiger partial charge in [0.1, 0.15) is 6.33 Å². The number of esters is 1. The summed E-state index contributed by atoms with van der Waals surface area (Å²) in [6.45, 7) is 1.56. The highest BCUT2D eigenvalue weighted by Gasteiger charge is 2.31. The maximum atomic E-state index is 11.5. The summed E-state index contributed by atoms with van der Waals surface area (Å²) < 4.78 is 13.9. The van der Waals surface area contributed by atoms with E-state index in [0.717, 1.165) is 5.13 Å². The molecule has 0 N–H and O–H groups in total. The molecule has 0 saturated carbocycles. The molecule has 1 aliphatic heterocycles. The quantitative estimate of drug-likeness (QED) is 0.661. The van der Waals surface area contributed by atoms with E-state index >= 15 is 0 Å². The largest absolute Gasteiger partial charge is 0.467 e. The summed E-state index contributed by atoms with van der Waals surface area (Å²) in [4.78, 5) is 17.4. The lowest BCUT2D eigenvalue weighted by Gasteiger charge is -2.32. The molecule has 82 valence electrons. The third kappa shape index (κ3) is 2.07. The maximum absolute atomic E-state index is 11.5. The zero-order valence-electron chi connectivity index (χ0n) is 8.25. The molecule has 0 bridgehead atoms. The first-order chi connectivity index (χ1) is 7.33. The molecule has 1 fully saturated rings. The summed E-state index contributed by atoms with van der Waals surface area (Å²) >= 11 is 1.26. The Balaban J connectivity index is 2.16. The van der Waals surface area contributed by atoms with E-state index in [1.54, 1.807) is 0 Å². The number of carbonyl (C=O) groups excluding carboxylic acids is 1. The van der Waals surface area contributed by atoms with E-state index in [1.807, 2.05) is 4.90 Å². The number of methoxy groups -OCH3 is 1. The van der Waals surface area contributed by atoms with E-state index in [9.17, 15) is 4.79 Å². The molecule has 0 aromatic carbocycles. The highest BCUT2D eigenvalue weighted by Crippen LogP contribution is 2.20. The average molecular weight is 229 g/mol. The molecule has 1 aromatic rings. The average Bonchev–Trinajstić information content (AvgIpc) is 2.81. The summed E-state index contributed by atoms with van der Waals surface area (Å²) in [5.74, 6) is -0.301. The first-order valence-electron chi connectivity index (χ1n) is 4.52. The first kappa shape index (κ1) is 10.3. The number of aromatic nitrogens is 2. The summed E-state index contributed by atoms with van der Waals surface area (Å²) in [5.41, 5.74) is 0. The summed E-state index contributed by atoms with van der Waals surface area (Å²) in [7, 11) is 1.37. The van der Waals surface area contributed by atoms with E-state index in [2.05, 4.69) is 9.36 Å². The van der Waals surface area contributed by atoms with Crippen molar-refractivity contribution in [1.29, 1.82) is 0 Å². The van der Waals surface area contributed by atoms with E-state index in [-0.39, 0.29) is 5.97 Å². The van der Waals surface area contributed by atoms with Gasteiger partial charge in [-0.25, -0.2) is 9.78 Å². The molecular formula is C8H11N3O3S. The fourth-order valence-corrected chi connectivity index (χ4v) is 2.06. The number of ether oxygens (including phenoxy) is 2. The number of rotatable bonds is 2. The molecule has 2 rings (SSSR count). The lowest BCUT2D eigenvalue weighted by Crippen LogP contribution is -2.50. The summed E-state index contributed by atoms with van der Waals surface area (Å²) in [5, 5.41) is 0.730. The predicted molar refractivity (Wildman–Crippen MR) is 53.9 cm³/mol. The molecule has 1 aromatic heterocycles. The summed E-state index contributed by atoms with van der Waals surface area (Å²) in [6, 6.07) is -0.406. The van der Waals surface area contributed by atoms with E-state index < -0.39 is 6.04 Å². The normalized spacial score (nSPS) is 21.4. The van der Waals surface area contributed by atoms with Crippen LogP contribution in [0.3, 0.4) is 0 Å². The van der Waals surface area contributed by atoms with Gasteiger partial charge in [-0.1, -0.05) is 0 Å². The Hall–Kier alpha value is -1.21. The molecule has 0 spiro atoms. The molecule has 0 amide bonds. The molecule has 1 aliphatic rings. The lowest BCUT2D eigenvalue weighted by atomic mass is 10.2. The molecule has 7 heteroatoms. The minimum absolute atomic E-state index is 0.301. The second-order valence-corrected chi connectivity index (χ2v) is 3.79. The smallest absolute Gasteiger partial charge is 0.330 e. The van der Waals surface area contributed by atoms with Crippen LogP contribution in [0.5, 0.6) is 0 Å². The maximum Gasteiger partial charge on any atom is 0.330 e. The minimum Gasteiger partial charge on any atom is -0.467 e. The third-order valence-corrected chi connectivity index (χ3v) is 2.90. The van der Waals surface area contributed by atoms with Crippen LogP contribution >= 0.6 is 11.5 Å². The van der Waals surface area contributed by atoms with E-state index in [4.69, 9.17) is 9.47 Å². The van der Waals surface area contributed by atoms with Crippen LogP contribution in [-0.2, 0) is 14.3 Å². The number of anilines is 1. The van der Waals surface area contributed by atoms with Crippen LogP contribution in [0, 0.1) is 0 Å². The van der Waals surface area contributed by atoms with Gasteiger partial charge in [0.25, 0.3) is 0 Å². The molecule has 6 nitrogen and oxygen atoms in total. The van der Waals surface area contributed by atoms with Gasteiger partial charge in [0, 0.05) is 18.1 Å². The van der Waals surface area contributed by atoms with Crippen LogP contribution in [0.15, 0.2) is 6.33 Å². The molecular weight excluding hydrogens is 218 g/mol. The highest BCUT2D eigenvalue weighted by atomic mass is 32.1. The van der Waals surface area contributed by atoms with Crippen LogP contribution < -0.4 is 4.90 Å². The van der Waals surface area contributed by atoms with Gasteiger partial charge in [0.2, 0.25) is 5.13 Å². The molecule has 2 heterocycles. The fraction of sp³-hybridized carbons (Fsp3) is 0.625. The van der Waals surface area contributed by atoms with Gasteiger partial charge < -0.3 is 14.4 Å². The molecule has 1 saturated heterocycles. The van der Waals surface area contributed by atoms with Crippen molar-refractivity contribution in [2.24, 2.45) is 0 Å². The van der Waals surface area contributed by atoms with Crippen molar-refractivity contribution in [3.05, 3.63) is 6.33 Å². The van der Waals surface area contributed by atoms with Crippen LogP contribution in [0.4, 0.5) is 5.13 Å². The number of hydrogen-bond donors (Lipinski definition) is 0. The Kier molecular flexibility index (Phi) is 3.12. The minimum atomic E-state index is -0.406. The molecule has 0 aliphatic carbocycles. The zero-order chi connectivity index (χ0) is 10.7. The van der Waals surface area contributed by atoms with Crippen molar-refractivity contribution in [2.45, 2.75) is 6.04 Å². The first-order valence-corrected chi connectivity index (χ1v) is 5.29. The Morgan fingerprint density at radius 1 is 1.80 bits per heavy atom. The number of nitrogens with zero attached hydrogens (tertiary/aromatic N) is 3. The molecule has 1 atom stereocenters. The van der Waals surface area contributed by atoms with Gasteiger partial charge in [-0.05, 0) is 0 Å². The van der Waals surface area contributed by atoms with Crippen molar-refractivity contribution in [3.63, 3.8) is 0 Å². The SMILES string of the molecule is COC(=O)C1COCCN1c1ncns1. The number of carbonyl (C=O) groups is 1. The van der Waals surface area contributed by atoms with Gasteiger partial charge in [-0.15, -0.1) is 0 Å². The van der Waals surface area contributed by atoms with Crippen LogP contribution in [0.1, 0.15) is 0 Å². The van der Waals surface area contributed by atoms with Gasteiger partial charge in [-0.3, -0.25) is 0 Å². The summed E-state index contributed by atoms with van der Waals surface area (Å²) in [6.07, 6.45) is 1.48. The topological polar surface area (TPSA) is 64.6 Å². The lowest BCUT2D eigenvalue weighted by molar-refractivity contribution is -0.144. The van der Waals surface area contributed by atoms with Gasteiger partial charge >= 0.3 is 5.97 Å². The standard InChI is InChI=1S/C8H11N3O3S/c1-13-7(12)6-4-14-3-2-11(6)8-9-5-10-15-8/h5-6H,2-4H2,1H3. The Bertz CT molecular complexity index is 330. The number of morpholine rings is 1. The Labute approximate surface area is 91.0 Å².